The number of aromatic nitrogens is 1. The number of nitrogens with zero attached hydrogens (tertiary/aromatic N) is 1. The van der Waals surface area contributed by atoms with Crippen molar-refractivity contribution in [2.24, 2.45) is 0 Å². The first-order valence-corrected chi connectivity index (χ1v) is 11.5. The average Bonchev–Trinajstić information content (AvgIpc) is 2.96. The summed E-state index contributed by atoms with van der Waals surface area (Å²) in [4.78, 5) is 0. The van der Waals surface area contributed by atoms with Crippen molar-refractivity contribution in [3.63, 3.8) is 0 Å². The van der Waals surface area contributed by atoms with Crippen molar-refractivity contribution in [2.75, 3.05) is 16.2 Å². The first-order chi connectivity index (χ1) is 14.5. The van der Waals surface area contributed by atoms with Crippen molar-refractivity contribution in [3.05, 3.63) is 42.5 Å². The van der Waals surface area contributed by atoms with Crippen LogP contribution in [0.25, 0.3) is 22.2 Å². The van der Waals surface area contributed by atoms with Crippen molar-refractivity contribution >= 4 is 32.3 Å². The van der Waals surface area contributed by atoms with Crippen LogP contribution in [0.3, 0.4) is 0 Å². The number of halogens is 3. The second kappa shape index (κ2) is 8.70. The van der Waals surface area contributed by atoms with E-state index in [2.05, 4.69) is 9.46 Å². The van der Waals surface area contributed by atoms with Gasteiger partial charge in [-0.1, -0.05) is 25.5 Å². The molecule has 0 aliphatic carbocycles. The predicted molar refractivity (Wildman–Crippen MR) is 116 cm³/mol. The highest BCUT2D eigenvalue weighted by Crippen LogP contribution is 2.38. The van der Waals surface area contributed by atoms with Crippen LogP contribution in [0.15, 0.2) is 42.5 Å². The molecule has 0 aliphatic heterocycles. The molecular formula is C21H24F3N3O3S. The van der Waals surface area contributed by atoms with Crippen molar-refractivity contribution in [3.8, 4) is 17.0 Å². The molecule has 168 valence electrons. The highest BCUT2D eigenvalue weighted by molar-refractivity contribution is 7.92. The van der Waals surface area contributed by atoms with Crippen molar-refractivity contribution in [1.29, 1.82) is 0 Å². The van der Waals surface area contributed by atoms with Gasteiger partial charge in [-0.15, -0.1) is 13.2 Å². The molecule has 0 radical (unpaired) electrons. The molecule has 6 nitrogen and oxygen atoms in total. The van der Waals surface area contributed by atoms with Crippen LogP contribution in [0.5, 0.6) is 5.75 Å². The van der Waals surface area contributed by atoms with Crippen molar-refractivity contribution in [2.45, 2.75) is 39.6 Å². The molecule has 2 aromatic carbocycles. The summed E-state index contributed by atoms with van der Waals surface area (Å²) in [7, 11) is -3.42. The lowest BCUT2D eigenvalue weighted by atomic mass is 10.1. The third-order valence-corrected chi connectivity index (χ3v) is 6.20. The van der Waals surface area contributed by atoms with Gasteiger partial charge in [0.05, 0.1) is 22.7 Å². The number of ether oxygens (including phenoxy) is 1. The Bertz CT molecular complexity index is 1170. The molecule has 1 aromatic heterocycles. The predicted octanol–water partition coefficient (Wildman–Crippen LogP) is 5.35. The van der Waals surface area contributed by atoms with Gasteiger partial charge in [0.15, 0.2) is 0 Å². The Morgan fingerprint density at radius 3 is 2.35 bits per heavy atom. The van der Waals surface area contributed by atoms with Gasteiger partial charge in [-0.05, 0) is 37.6 Å². The third kappa shape index (κ3) is 5.25. The summed E-state index contributed by atoms with van der Waals surface area (Å²) in [6.07, 6.45) is -3.44. The number of benzene rings is 2. The normalized spacial score (nSPS) is 12.3. The zero-order valence-corrected chi connectivity index (χ0v) is 18.0. The lowest BCUT2D eigenvalue weighted by Crippen LogP contribution is -2.17. The van der Waals surface area contributed by atoms with Crippen LogP contribution < -0.4 is 15.2 Å². The van der Waals surface area contributed by atoms with Crippen LogP contribution in [0.1, 0.15) is 26.7 Å². The number of nitrogen functional groups attached to an aromatic ring is 1. The van der Waals surface area contributed by atoms with Gasteiger partial charge in [0.25, 0.3) is 0 Å². The number of nitrogens with one attached hydrogen (secondary N) is 1. The molecule has 0 fully saturated rings. The molecule has 0 saturated carbocycles. The third-order valence-electron chi connectivity index (χ3n) is 4.82. The summed E-state index contributed by atoms with van der Waals surface area (Å²) in [5, 5.41) is 0.607. The Balaban J connectivity index is 1.97. The molecule has 0 saturated heterocycles. The lowest BCUT2D eigenvalue weighted by molar-refractivity contribution is -0.274. The summed E-state index contributed by atoms with van der Waals surface area (Å²) in [5.41, 5.74) is 9.04. The maximum atomic E-state index is 12.6. The van der Waals surface area contributed by atoms with Gasteiger partial charge < -0.3 is 15.0 Å². The Hall–Kier alpha value is -2.88. The number of hydrogen-bond donors (Lipinski definition) is 2. The SMILES string of the molecule is CCCCS(=O)(=O)Nc1ccc(-c2c(N)c3ccc(OC(F)(F)F)cc3n2CC)cc1. The second-order valence-corrected chi connectivity index (χ2v) is 8.93. The average molecular weight is 456 g/mol. The number of rotatable bonds is 8. The van der Waals surface area contributed by atoms with Crippen LogP contribution >= 0.6 is 0 Å². The maximum absolute atomic E-state index is 12.6. The van der Waals surface area contributed by atoms with Gasteiger partial charge in [-0.3, -0.25) is 4.72 Å². The van der Waals surface area contributed by atoms with Crippen LogP contribution in [0.4, 0.5) is 24.5 Å². The molecule has 1 heterocycles. The highest BCUT2D eigenvalue weighted by Gasteiger charge is 2.31. The molecular weight excluding hydrogens is 431 g/mol. The van der Waals surface area contributed by atoms with E-state index in [-0.39, 0.29) is 11.5 Å². The van der Waals surface area contributed by atoms with E-state index < -0.39 is 16.4 Å². The minimum atomic E-state index is -4.79. The monoisotopic (exact) mass is 455 g/mol. The minimum Gasteiger partial charge on any atom is -0.406 e. The standard InChI is InChI=1S/C21H24F3N3O3S/c1-3-5-12-31(28,29)26-15-8-6-14(7-9-15)20-19(25)17-11-10-16(30-21(22,23)24)13-18(17)27(20)4-2/h6-11,13,26H,3-5,12,25H2,1-2H3. The zero-order chi connectivity index (χ0) is 22.8. The summed E-state index contributed by atoms with van der Waals surface area (Å²) in [5.74, 6) is -0.277. The quantitative estimate of drug-likeness (QED) is 0.479. The number of unbranched alkanes of at least 4 members (excludes halogenated alkanes) is 1. The number of fused-ring (bicyclic) bond motifs is 1. The summed E-state index contributed by atoms with van der Waals surface area (Å²) >= 11 is 0. The van der Waals surface area contributed by atoms with E-state index in [0.29, 0.717) is 46.5 Å². The molecule has 3 rings (SSSR count). The topological polar surface area (TPSA) is 86.3 Å². The van der Waals surface area contributed by atoms with Crippen LogP contribution in [0, 0.1) is 0 Å². The van der Waals surface area contributed by atoms with Gasteiger partial charge >= 0.3 is 6.36 Å². The summed E-state index contributed by atoms with van der Waals surface area (Å²) in [6, 6.07) is 10.7. The maximum Gasteiger partial charge on any atom is 0.573 e. The number of sulfonamides is 1. The van der Waals surface area contributed by atoms with E-state index in [9.17, 15) is 21.6 Å². The molecule has 10 heteroatoms. The van der Waals surface area contributed by atoms with Crippen molar-refractivity contribution in [1.82, 2.24) is 4.57 Å². The highest BCUT2D eigenvalue weighted by atomic mass is 32.2. The zero-order valence-electron chi connectivity index (χ0n) is 17.2. The molecule has 3 aromatic rings. The minimum absolute atomic E-state index is 0.0462. The van der Waals surface area contributed by atoms with E-state index >= 15 is 0 Å². The number of nitrogens with two attached hydrogens (primary N) is 1. The number of anilines is 2. The molecule has 0 atom stereocenters. The Labute approximate surface area is 178 Å². The van der Waals surface area contributed by atoms with Gasteiger partial charge in [0.1, 0.15) is 5.75 Å². The van der Waals surface area contributed by atoms with E-state index in [1.807, 2.05) is 13.8 Å². The molecule has 0 spiro atoms. The van der Waals surface area contributed by atoms with E-state index in [1.165, 1.54) is 18.2 Å². The Morgan fingerprint density at radius 2 is 1.77 bits per heavy atom. The van der Waals surface area contributed by atoms with E-state index in [1.54, 1.807) is 28.8 Å². The summed E-state index contributed by atoms with van der Waals surface area (Å²) in [6.45, 7) is 4.24. The lowest BCUT2D eigenvalue weighted by Gasteiger charge is -2.12. The van der Waals surface area contributed by atoms with Crippen LogP contribution in [0.2, 0.25) is 0 Å². The second-order valence-electron chi connectivity index (χ2n) is 7.09. The fourth-order valence-corrected chi connectivity index (χ4v) is 4.72. The van der Waals surface area contributed by atoms with Gasteiger partial charge in [-0.2, -0.15) is 0 Å². The number of hydrogen-bond acceptors (Lipinski definition) is 4. The van der Waals surface area contributed by atoms with Gasteiger partial charge in [0, 0.05) is 29.2 Å². The number of aryl methyl sites for hydroxylation is 1. The molecule has 0 unspecified atom stereocenters. The molecule has 0 amide bonds. The first kappa shape index (κ1) is 22.8. The molecule has 3 N–H and O–H groups in total. The molecule has 31 heavy (non-hydrogen) atoms. The fourth-order valence-electron chi connectivity index (χ4n) is 3.45. The van der Waals surface area contributed by atoms with Gasteiger partial charge in [0.2, 0.25) is 10.0 Å². The molecule has 0 aliphatic rings. The van der Waals surface area contributed by atoms with Crippen molar-refractivity contribution < 1.29 is 26.3 Å². The van der Waals surface area contributed by atoms with Crippen LogP contribution in [-0.4, -0.2) is 25.1 Å². The summed E-state index contributed by atoms with van der Waals surface area (Å²) < 4.78 is 70.3. The van der Waals surface area contributed by atoms with E-state index in [0.717, 1.165) is 6.42 Å². The smallest absolute Gasteiger partial charge is 0.406 e. The fraction of sp³-hybridized carbons (Fsp3) is 0.333. The Morgan fingerprint density at radius 1 is 1.10 bits per heavy atom. The number of alkyl halides is 3. The van der Waals surface area contributed by atoms with Gasteiger partial charge in [-0.25, -0.2) is 8.42 Å². The first-order valence-electron chi connectivity index (χ1n) is 9.83. The Kier molecular flexibility index (Phi) is 6.40. The van der Waals surface area contributed by atoms with Crippen LogP contribution in [-0.2, 0) is 16.6 Å². The molecule has 0 bridgehead atoms. The largest absolute Gasteiger partial charge is 0.573 e. The van der Waals surface area contributed by atoms with E-state index in [4.69, 9.17) is 5.73 Å².